The molecule has 2 N–H and O–H groups in total. The van der Waals surface area contributed by atoms with Crippen molar-refractivity contribution >= 4 is 23.1 Å². The van der Waals surface area contributed by atoms with E-state index in [0.717, 1.165) is 5.69 Å². The maximum absolute atomic E-state index is 12.8. The van der Waals surface area contributed by atoms with Crippen LogP contribution < -0.4 is 10.6 Å². The average molecular weight is 356 g/mol. The second kappa shape index (κ2) is 7.49. The number of carbonyl (C=O) groups is 1. The quantitative estimate of drug-likeness (QED) is 0.570. The highest BCUT2D eigenvalue weighted by Crippen LogP contribution is 2.21. The zero-order valence-electron chi connectivity index (χ0n) is 14.3. The minimum absolute atomic E-state index is 0.260. The molecular weight excluding hydrogens is 340 g/mol. The first kappa shape index (κ1) is 16.5. The summed E-state index contributed by atoms with van der Waals surface area (Å²) in [5.74, 6) is 0.769. The number of nitrogens with zero attached hydrogens (tertiary/aromatic N) is 4. The van der Waals surface area contributed by atoms with Gasteiger partial charge < -0.3 is 10.6 Å². The number of rotatable bonds is 5. The second-order valence-corrected chi connectivity index (χ2v) is 5.72. The highest BCUT2D eigenvalue weighted by atomic mass is 16.1. The lowest BCUT2D eigenvalue weighted by molar-refractivity contribution is 0.102. The number of amides is 1. The molecule has 0 saturated carbocycles. The predicted octanol–water partition coefficient (Wildman–Crippen LogP) is 3.66. The zero-order chi connectivity index (χ0) is 18.5. The molecule has 2 heterocycles. The molecule has 0 spiro atoms. The first-order chi connectivity index (χ1) is 13.3. The number of imidazole rings is 1. The maximum Gasteiger partial charge on any atom is 0.258 e. The third-order valence-corrected chi connectivity index (χ3v) is 3.89. The number of hydrogen-bond acceptors (Lipinski definition) is 5. The molecule has 0 fully saturated rings. The van der Waals surface area contributed by atoms with E-state index in [1.165, 1.54) is 6.33 Å². The number of aromatic nitrogens is 4. The number of carbonyl (C=O) groups excluding carboxylic acids is 1. The molecule has 0 saturated heterocycles. The molecule has 0 aliphatic rings. The van der Waals surface area contributed by atoms with Gasteiger partial charge in [0.25, 0.3) is 5.91 Å². The van der Waals surface area contributed by atoms with Crippen molar-refractivity contribution in [3.63, 3.8) is 0 Å². The highest BCUT2D eigenvalue weighted by Gasteiger charge is 2.12. The van der Waals surface area contributed by atoms with E-state index < -0.39 is 0 Å². The van der Waals surface area contributed by atoms with Crippen LogP contribution in [0.3, 0.4) is 0 Å². The van der Waals surface area contributed by atoms with Gasteiger partial charge in [0.1, 0.15) is 24.3 Å². The lowest BCUT2D eigenvalue weighted by atomic mass is 10.1. The van der Waals surface area contributed by atoms with Gasteiger partial charge in [-0.25, -0.2) is 15.0 Å². The van der Waals surface area contributed by atoms with Crippen LogP contribution in [-0.4, -0.2) is 25.4 Å². The van der Waals surface area contributed by atoms with Gasteiger partial charge in [0.05, 0.1) is 11.3 Å². The molecule has 7 heteroatoms. The molecular formula is C20H16N6O. The van der Waals surface area contributed by atoms with Crippen molar-refractivity contribution in [1.29, 1.82) is 0 Å². The molecule has 0 aliphatic heterocycles. The summed E-state index contributed by atoms with van der Waals surface area (Å²) in [6.07, 6.45) is 6.46. The topological polar surface area (TPSA) is 84.7 Å². The molecule has 2 aromatic heterocycles. The number of hydrogen-bond donors (Lipinski definition) is 2. The van der Waals surface area contributed by atoms with E-state index in [0.29, 0.717) is 22.9 Å². The minimum Gasteiger partial charge on any atom is -0.355 e. The standard InChI is InChI=1S/C20H16N6O/c27-20(25-18-12-19(23-13-22-18)26-11-10-21-14-26)16-8-4-5-9-17(16)24-15-6-2-1-3-7-15/h1-14,24H,(H,22,23,25,27). The van der Waals surface area contributed by atoms with Gasteiger partial charge in [-0.3, -0.25) is 9.36 Å². The molecule has 1 amide bonds. The molecule has 4 rings (SSSR count). The van der Waals surface area contributed by atoms with Crippen LogP contribution >= 0.6 is 0 Å². The van der Waals surface area contributed by atoms with E-state index in [2.05, 4.69) is 25.6 Å². The summed E-state index contributed by atoms with van der Waals surface area (Å²) < 4.78 is 1.74. The maximum atomic E-state index is 12.8. The summed E-state index contributed by atoms with van der Waals surface area (Å²) >= 11 is 0. The first-order valence-electron chi connectivity index (χ1n) is 8.32. The Morgan fingerprint density at radius 2 is 1.78 bits per heavy atom. The molecule has 0 bridgehead atoms. The largest absolute Gasteiger partial charge is 0.355 e. The molecule has 0 radical (unpaired) electrons. The van der Waals surface area contributed by atoms with Gasteiger partial charge in [-0.05, 0) is 24.3 Å². The van der Waals surface area contributed by atoms with Gasteiger partial charge in [0.2, 0.25) is 0 Å². The monoisotopic (exact) mass is 356 g/mol. The molecule has 7 nitrogen and oxygen atoms in total. The Hall–Kier alpha value is -4.00. The Kier molecular flexibility index (Phi) is 4.57. The third-order valence-electron chi connectivity index (χ3n) is 3.89. The second-order valence-electron chi connectivity index (χ2n) is 5.72. The van der Waals surface area contributed by atoms with Crippen LogP contribution in [0, 0.1) is 0 Å². The van der Waals surface area contributed by atoms with Crippen LogP contribution in [0.5, 0.6) is 0 Å². The van der Waals surface area contributed by atoms with Gasteiger partial charge in [-0.2, -0.15) is 0 Å². The van der Waals surface area contributed by atoms with Gasteiger partial charge in [-0.15, -0.1) is 0 Å². The summed E-state index contributed by atoms with van der Waals surface area (Å²) in [6, 6.07) is 18.7. The van der Waals surface area contributed by atoms with Crippen LogP contribution in [0.2, 0.25) is 0 Å². The van der Waals surface area contributed by atoms with Crippen LogP contribution in [0.1, 0.15) is 10.4 Å². The lowest BCUT2D eigenvalue weighted by Crippen LogP contribution is -2.15. The van der Waals surface area contributed by atoms with Crippen molar-refractivity contribution in [3.8, 4) is 5.82 Å². The van der Waals surface area contributed by atoms with Crippen molar-refractivity contribution in [1.82, 2.24) is 19.5 Å². The smallest absolute Gasteiger partial charge is 0.258 e. The molecule has 0 atom stereocenters. The normalized spacial score (nSPS) is 10.4. The molecule has 0 unspecified atom stereocenters. The fraction of sp³-hybridized carbons (Fsp3) is 0. The lowest BCUT2D eigenvalue weighted by Gasteiger charge is -2.12. The van der Waals surface area contributed by atoms with E-state index in [4.69, 9.17) is 0 Å². The summed E-state index contributed by atoms with van der Waals surface area (Å²) in [5.41, 5.74) is 2.14. The predicted molar refractivity (Wildman–Crippen MR) is 103 cm³/mol. The van der Waals surface area contributed by atoms with E-state index in [1.807, 2.05) is 48.5 Å². The van der Waals surface area contributed by atoms with E-state index in [1.54, 1.807) is 35.4 Å². The van der Waals surface area contributed by atoms with Crippen LogP contribution in [0.15, 0.2) is 85.7 Å². The Bertz CT molecular complexity index is 1050. The molecule has 4 aromatic rings. The first-order valence-corrected chi connectivity index (χ1v) is 8.32. The number of para-hydroxylation sites is 2. The average Bonchev–Trinajstić information content (AvgIpc) is 3.24. The Labute approximate surface area is 155 Å². The summed E-state index contributed by atoms with van der Waals surface area (Å²) in [7, 11) is 0. The molecule has 0 aliphatic carbocycles. The molecule has 132 valence electrons. The summed E-state index contributed by atoms with van der Waals surface area (Å²) in [6.45, 7) is 0. The van der Waals surface area contributed by atoms with Gasteiger partial charge in [-0.1, -0.05) is 30.3 Å². The van der Waals surface area contributed by atoms with Crippen molar-refractivity contribution < 1.29 is 4.79 Å². The molecule has 2 aromatic carbocycles. The Morgan fingerprint density at radius 1 is 0.963 bits per heavy atom. The SMILES string of the molecule is O=C(Nc1cc(-n2ccnc2)ncn1)c1ccccc1Nc1ccccc1. The Balaban J connectivity index is 1.56. The number of benzene rings is 2. The summed E-state index contributed by atoms with van der Waals surface area (Å²) in [5, 5.41) is 6.09. The van der Waals surface area contributed by atoms with Crippen molar-refractivity contribution in [2.75, 3.05) is 10.6 Å². The number of nitrogens with one attached hydrogen (secondary N) is 2. The van der Waals surface area contributed by atoms with Crippen LogP contribution in [0.25, 0.3) is 5.82 Å². The van der Waals surface area contributed by atoms with Gasteiger partial charge in [0.15, 0.2) is 0 Å². The van der Waals surface area contributed by atoms with E-state index >= 15 is 0 Å². The van der Waals surface area contributed by atoms with Gasteiger partial charge in [0, 0.05) is 24.1 Å². The highest BCUT2D eigenvalue weighted by molar-refractivity contribution is 6.08. The Morgan fingerprint density at radius 3 is 2.59 bits per heavy atom. The fourth-order valence-electron chi connectivity index (χ4n) is 2.60. The van der Waals surface area contributed by atoms with Crippen molar-refractivity contribution in [2.24, 2.45) is 0 Å². The molecule has 27 heavy (non-hydrogen) atoms. The number of anilines is 3. The van der Waals surface area contributed by atoms with Crippen molar-refractivity contribution in [2.45, 2.75) is 0 Å². The van der Waals surface area contributed by atoms with E-state index in [-0.39, 0.29) is 5.91 Å². The van der Waals surface area contributed by atoms with Crippen LogP contribution in [-0.2, 0) is 0 Å². The fourth-order valence-corrected chi connectivity index (χ4v) is 2.60. The zero-order valence-corrected chi connectivity index (χ0v) is 14.3. The van der Waals surface area contributed by atoms with Crippen molar-refractivity contribution in [3.05, 3.63) is 91.3 Å². The van der Waals surface area contributed by atoms with E-state index in [9.17, 15) is 4.79 Å². The summed E-state index contributed by atoms with van der Waals surface area (Å²) in [4.78, 5) is 25.1. The third kappa shape index (κ3) is 3.82. The van der Waals surface area contributed by atoms with Crippen LogP contribution in [0.4, 0.5) is 17.2 Å². The minimum atomic E-state index is -0.260. The van der Waals surface area contributed by atoms with Gasteiger partial charge >= 0.3 is 0 Å².